The Hall–Kier alpha value is -4.01. The molecule has 1 saturated heterocycles. The van der Waals surface area contributed by atoms with E-state index in [4.69, 9.17) is 27.1 Å². The van der Waals surface area contributed by atoms with E-state index in [2.05, 4.69) is 33.4 Å². The number of hydrogen-bond donors (Lipinski definition) is 2. The number of piperidine rings is 1. The number of phenols is 1. The van der Waals surface area contributed by atoms with Crippen LogP contribution in [0.4, 0.5) is 0 Å². The van der Waals surface area contributed by atoms with Gasteiger partial charge in [-0.25, -0.2) is 4.98 Å². The Morgan fingerprint density at radius 2 is 1.86 bits per heavy atom. The van der Waals surface area contributed by atoms with Gasteiger partial charge in [-0.15, -0.1) is 0 Å². The fourth-order valence-electron chi connectivity index (χ4n) is 7.33. The highest BCUT2D eigenvalue weighted by atomic mass is 35.5. The SMILES string of the molecule is COc1cc(C(=O)N2C[C@H]3CC[C@@H]2[C@@H]3N)cc2nc(-c3cc4ccc(-c5ccc(O)c(Cl)c5)cc4n3CC3CC3)n(C)c12. The van der Waals surface area contributed by atoms with Gasteiger partial charge in [0.2, 0.25) is 0 Å². The van der Waals surface area contributed by atoms with Gasteiger partial charge in [-0.05, 0) is 85.0 Å². The molecule has 8 nitrogen and oxygen atoms in total. The van der Waals surface area contributed by atoms with E-state index in [-0.39, 0.29) is 23.7 Å². The zero-order valence-corrected chi connectivity index (χ0v) is 25.0. The fourth-order valence-corrected chi connectivity index (χ4v) is 7.51. The molecule has 2 aromatic heterocycles. The van der Waals surface area contributed by atoms with Crippen molar-refractivity contribution in [1.29, 1.82) is 0 Å². The maximum atomic E-state index is 13.7. The number of likely N-dealkylation sites (tertiary alicyclic amines) is 1. The standard InChI is InChI=1S/C34H34ClN5O3/c1-38-32-25(12-23(15-30(32)43-2)34(42)40-17-22-7-9-26(40)31(22)36)37-33(38)28-14-21-6-5-20(19-8-10-29(41)24(35)11-19)13-27(21)39(28)16-18-3-4-18/h5-6,8,10-15,18,22,26,31,41H,3-4,7,9,16-17,36H2,1-2H3/t22-,26-,31-/m1/s1. The predicted octanol–water partition coefficient (Wildman–Crippen LogP) is 6.20. The highest BCUT2D eigenvalue weighted by Crippen LogP contribution is 2.41. The third kappa shape index (κ3) is 4.22. The number of hydrogen-bond acceptors (Lipinski definition) is 5. The zero-order chi connectivity index (χ0) is 29.6. The number of aromatic nitrogens is 3. The first-order chi connectivity index (χ1) is 20.8. The molecule has 0 spiro atoms. The number of halogens is 1. The number of fused-ring (bicyclic) bond motifs is 4. The van der Waals surface area contributed by atoms with Crippen molar-refractivity contribution in [3.05, 3.63) is 65.2 Å². The lowest BCUT2D eigenvalue weighted by atomic mass is 10.0. The van der Waals surface area contributed by atoms with Crippen molar-refractivity contribution in [3.8, 4) is 34.1 Å². The molecule has 2 aliphatic carbocycles. The minimum Gasteiger partial charge on any atom is -0.506 e. The van der Waals surface area contributed by atoms with Gasteiger partial charge >= 0.3 is 0 Å². The molecule has 3 fully saturated rings. The zero-order valence-electron chi connectivity index (χ0n) is 24.3. The predicted molar refractivity (Wildman–Crippen MR) is 169 cm³/mol. The van der Waals surface area contributed by atoms with E-state index < -0.39 is 0 Å². The van der Waals surface area contributed by atoms with Crippen molar-refractivity contribution >= 4 is 39.4 Å². The Bertz CT molecular complexity index is 1940. The van der Waals surface area contributed by atoms with Crippen LogP contribution in [0.25, 0.3) is 44.6 Å². The summed E-state index contributed by atoms with van der Waals surface area (Å²) >= 11 is 6.24. The molecule has 1 aliphatic heterocycles. The Labute approximate surface area is 254 Å². The number of amides is 1. The topological polar surface area (TPSA) is 98.5 Å². The normalized spacial score (nSPS) is 21.4. The van der Waals surface area contributed by atoms with E-state index in [1.165, 1.54) is 12.8 Å². The average Bonchev–Trinajstić information content (AvgIpc) is 3.42. The molecule has 3 aliphatic rings. The van der Waals surface area contributed by atoms with Crippen LogP contribution >= 0.6 is 11.6 Å². The first kappa shape index (κ1) is 26.6. The number of aromatic hydroxyl groups is 1. The fraction of sp³-hybridized carbons (Fsp3) is 0.353. The minimum absolute atomic E-state index is 0.000219. The summed E-state index contributed by atoms with van der Waals surface area (Å²) in [5, 5.41) is 11.4. The van der Waals surface area contributed by atoms with E-state index in [0.717, 1.165) is 70.5 Å². The summed E-state index contributed by atoms with van der Waals surface area (Å²) < 4.78 is 10.3. The Morgan fingerprint density at radius 1 is 1.07 bits per heavy atom. The van der Waals surface area contributed by atoms with E-state index in [9.17, 15) is 9.90 Å². The molecule has 3 N–H and O–H groups in total. The smallest absolute Gasteiger partial charge is 0.254 e. The number of ether oxygens (including phenoxy) is 1. The average molecular weight is 596 g/mol. The number of imidazole rings is 1. The number of nitrogens with zero attached hydrogens (tertiary/aromatic N) is 4. The van der Waals surface area contributed by atoms with Crippen LogP contribution in [0.1, 0.15) is 36.0 Å². The van der Waals surface area contributed by atoms with Crippen LogP contribution in [0, 0.1) is 11.8 Å². The van der Waals surface area contributed by atoms with Gasteiger partial charge in [-0.3, -0.25) is 4.79 Å². The van der Waals surface area contributed by atoms with Crippen molar-refractivity contribution in [2.24, 2.45) is 24.6 Å². The number of benzene rings is 3. The molecule has 2 bridgehead atoms. The number of phenolic OH excluding ortho intramolecular Hbond substituents is 1. The van der Waals surface area contributed by atoms with Gasteiger partial charge < -0.3 is 29.6 Å². The first-order valence-electron chi connectivity index (χ1n) is 15.0. The van der Waals surface area contributed by atoms with Gasteiger partial charge in [-0.2, -0.15) is 0 Å². The molecular weight excluding hydrogens is 562 g/mol. The highest BCUT2D eigenvalue weighted by molar-refractivity contribution is 6.32. The lowest BCUT2D eigenvalue weighted by Gasteiger charge is -2.27. The molecular formula is C34H34ClN5O3. The minimum atomic E-state index is -0.000219. The van der Waals surface area contributed by atoms with Gasteiger partial charge in [-0.1, -0.05) is 29.8 Å². The molecule has 2 saturated carbocycles. The van der Waals surface area contributed by atoms with Gasteiger partial charge in [0, 0.05) is 48.7 Å². The summed E-state index contributed by atoms with van der Waals surface area (Å²) in [6.45, 7) is 1.62. The van der Waals surface area contributed by atoms with Crippen LogP contribution in [0.15, 0.2) is 54.6 Å². The maximum Gasteiger partial charge on any atom is 0.254 e. The molecule has 0 unspecified atom stereocenters. The van der Waals surface area contributed by atoms with Crippen LogP contribution < -0.4 is 10.5 Å². The van der Waals surface area contributed by atoms with Gasteiger partial charge in [0.1, 0.15) is 17.0 Å². The molecule has 3 heterocycles. The van der Waals surface area contributed by atoms with E-state index in [1.807, 2.05) is 30.1 Å². The molecule has 220 valence electrons. The summed E-state index contributed by atoms with van der Waals surface area (Å²) in [7, 11) is 3.65. The number of carbonyl (C=O) groups is 1. The molecule has 9 heteroatoms. The van der Waals surface area contributed by atoms with Gasteiger partial charge in [0.15, 0.2) is 5.82 Å². The first-order valence-corrected chi connectivity index (χ1v) is 15.4. The van der Waals surface area contributed by atoms with Gasteiger partial charge in [0.05, 0.1) is 23.3 Å². The number of carbonyl (C=O) groups excluding carboxylic acids is 1. The number of nitrogens with two attached hydrogens (primary N) is 1. The number of rotatable bonds is 6. The van der Waals surface area contributed by atoms with Crippen LogP contribution in [-0.2, 0) is 13.6 Å². The second-order valence-electron chi connectivity index (χ2n) is 12.5. The van der Waals surface area contributed by atoms with Crippen molar-refractivity contribution in [2.45, 2.75) is 44.3 Å². The summed E-state index contributed by atoms with van der Waals surface area (Å²) in [5.41, 5.74) is 12.7. The van der Waals surface area contributed by atoms with Crippen LogP contribution in [0.3, 0.4) is 0 Å². The Kier molecular flexibility index (Phi) is 6.04. The third-order valence-electron chi connectivity index (χ3n) is 9.87. The highest BCUT2D eigenvalue weighted by Gasteiger charge is 2.47. The van der Waals surface area contributed by atoms with Gasteiger partial charge in [0.25, 0.3) is 5.91 Å². The van der Waals surface area contributed by atoms with Crippen molar-refractivity contribution < 1.29 is 14.6 Å². The van der Waals surface area contributed by atoms with E-state index >= 15 is 0 Å². The van der Waals surface area contributed by atoms with Crippen molar-refractivity contribution in [1.82, 2.24) is 19.0 Å². The molecule has 0 radical (unpaired) electrons. The molecule has 8 rings (SSSR count). The van der Waals surface area contributed by atoms with Crippen molar-refractivity contribution in [3.63, 3.8) is 0 Å². The summed E-state index contributed by atoms with van der Waals surface area (Å²) in [5.74, 6) is 2.56. The van der Waals surface area contributed by atoms with Crippen LogP contribution in [0.2, 0.25) is 5.02 Å². The van der Waals surface area contributed by atoms with E-state index in [0.29, 0.717) is 28.2 Å². The lowest BCUT2D eigenvalue weighted by molar-refractivity contribution is 0.0700. The van der Waals surface area contributed by atoms with E-state index in [1.54, 1.807) is 19.2 Å². The third-order valence-corrected chi connectivity index (χ3v) is 10.2. The largest absolute Gasteiger partial charge is 0.506 e. The molecule has 43 heavy (non-hydrogen) atoms. The lowest BCUT2D eigenvalue weighted by Crippen LogP contribution is -2.41. The summed E-state index contributed by atoms with van der Waals surface area (Å²) in [4.78, 5) is 20.8. The molecule has 3 atom stereocenters. The molecule has 3 aromatic carbocycles. The van der Waals surface area contributed by atoms with Crippen LogP contribution in [0.5, 0.6) is 11.5 Å². The second-order valence-corrected chi connectivity index (χ2v) is 12.9. The summed E-state index contributed by atoms with van der Waals surface area (Å²) in [6, 6.07) is 17.9. The monoisotopic (exact) mass is 595 g/mol. The Morgan fingerprint density at radius 3 is 2.56 bits per heavy atom. The Balaban J connectivity index is 1.24. The van der Waals surface area contributed by atoms with Crippen molar-refractivity contribution in [2.75, 3.05) is 13.7 Å². The quantitative estimate of drug-likeness (QED) is 0.243. The molecule has 5 aromatic rings. The second kappa shape index (κ2) is 9.76. The summed E-state index contributed by atoms with van der Waals surface area (Å²) in [6.07, 6.45) is 4.50. The molecule has 1 amide bonds. The maximum absolute atomic E-state index is 13.7. The number of aryl methyl sites for hydroxylation is 1. The number of methoxy groups -OCH3 is 1. The van der Waals surface area contributed by atoms with Crippen LogP contribution in [-0.4, -0.2) is 55.8 Å².